The first-order valence-corrected chi connectivity index (χ1v) is 6.87. The van der Waals surface area contributed by atoms with Crippen molar-refractivity contribution in [3.05, 3.63) is 0 Å². The number of carbonyl (C=O) groups is 1. The van der Waals surface area contributed by atoms with Crippen molar-refractivity contribution >= 4 is 16.3 Å². The van der Waals surface area contributed by atoms with E-state index in [1.165, 1.54) is 0 Å². The van der Waals surface area contributed by atoms with E-state index in [0.29, 0.717) is 12.8 Å². The van der Waals surface area contributed by atoms with Gasteiger partial charge in [-0.15, -0.1) is 0 Å². The van der Waals surface area contributed by atoms with Crippen LogP contribution in [0.15, 0.2) is 0 Å². The van der Waals surface area contributed by atoms with Crippen LogP contribution in [0.1, 0.15) is 33.6 Å². The zero-order chi connectivity index (χ0) is 13.5. The maximum atomic E-state index is 11.3. The van der Waals surface area contributed by atoms with E-state index in [4.69, 9.17) is 5.11 Å². The van der Waals surface area contributed by atoms with Crippen molar-refractivity contribution in [3.63, 3.8) is 0 Å². The molecule has 17 heavy (non-hydrogen) atoms. The molecule has 0 radical (unpaired) electrons. The summed E-state index contributed by atoms with van der Waals surface area (Å²) < 4.78 is 31.1. The quantitative estimate of drug-likeness (QED) is 0.569. The number of aliphatic hydroxyl groups is 1. The number of amides is 1. The maximum absolute atomic E-state index is 11.3. The molecule has 3 N–H and O–H groups in total. The van der Waals surface area contributed by atoms with Gasteiger partial charge in [0.2, 0.25) is 0 Å². The summed E-state index contributed by atoms with van der Waals surface area (Å²) in [6.07, 6.45) is -0.904. The van der Waals surface area contributed by atoms with Crippen LogP contribution in [0.25, 0.3) is 0 Å². The van der Waals surface area contributed by atoms with E-state index in [9.17, 15) is 13.2 Å². The fraction of sp³-hybridized carbons (Fsp3) is 0.889. The van der Waals surface area contributed by atoms with Crippen molar-refractivity contribution in [2.45, 2.75) is 45.8 Å². The molecule has 0 aliphatic heterocycles. The van der Waals surface area contributed by atoms with Crippen molar-refractivity contribution in [2.75, 3.05) is 6.54 Å². The fourth-order valence-electron chi connectivity index (χ4n) is 0.988. The van der Waals surface area contributed by atoms with Crippen molar-refractivity contribution in [2.24, 2.45) is 0 Å². The summed E-state index contributed by atoms with van der Waals surface area (Å²) in [4.78, 5) is 11.0. The standard InChI is InChI=1S/C9H20N2O5S/c1-7(2)16-9(13)11-17(14,15)10-6-4-5-8(3)12/h7-8,10,12H,4-6H2,1-3H3,(H,11,13). The number of nitrogens with one attached hydrogen (secondary N) is 2. The first kappa shape index (κ1) is 16.1. The predicted molar refractivity (Wildman–Crippen MR) is 62.6 cm³/mol. The van der Waals surface area contributed by atoms with Gasteiger partial charge in [0.15, 0.2) is 0 Å². The molecule has 7 nitrogen and oxygen atoms in total. The molecule has 0 bridgehead atoms. The Kier molecular flexibility index (Phi) is 7.09. The van der Waals surface area contributed by atoms with E-state index in [2.05, 4.69) is 9.46 Å². The molecule has 102 valence electrons. The highest BCUT2D eigenvalue weighted by Gasteiger charge is 2.15. The minimum Gasteiger partial charge on any atom is -0.446 e. The Morgan fingerprint density at radius 2 is 1.94 bits per heavy atom. The van der Waals surface area contributed by atoms with Crippen molar-refractivity contribution in [1.82, 2.24) is 9.44 Å². The summed E-state index contributed by atoms with van der Waals surface area (Å²) in [5.74, 6) is 0. The molecule has 0 spiro atoms. The molecule has 0 aromatic heterocycles. The van der Waals surface area contributed by atoms with Crippen LogP contribution in [0, 0.1) is 0 Å². The minimum absolute atomic E-state index is 0.148. The van der Waals surface area contributed by atoms with Gasteiger partial charge in [-0.2, -0.15) is 13.1 Å². The number of rotatable bonds is 7. The number of hydrogen-bond donors (Lipinski definition) is 3. The highest BCUT2D eigenvalue weighted by molar-refractivity contribution is 7.88. The molecular formula is C9H20N2O5S. The van der Waals surface area contributed by atoms with E-state index < -0.39 is 22.4 Å². The molecule has 8 heteroatoms. The van der Waals surface area contributed by atoms with E-state index in [-0.39, 0.29) is 12.6 Å². The predicted octanol–water partition coefficient (Wildman–Crippen LogP) is 0.116. The average molecular weight is 268 g/mol. The minimum atomic E-state index is -3.88. The van der Waals surface area contributed by atoms with E-state index in [1.807, 2.05) is 0 Å². The van der Waals surface area contributed by atoms with Gasteiger partial charge < -0.3 is 9.84 Å². The molecule has 0 fully saturated rings. The number of carbonyl (C=O) groups excluding carboxylic acids is 1. The van der Waals surface area contributed by atoms with Crippen LogP contribution in [0.2, 0.25) is 0 Å². The summed E-state index contributed by atoms with van der Waals surface area (Å²) in [6.45, 7) is 4.99. The number of ether oxygens (including phenoxy) is 1. The van der Waals surface area contributed by atoms with Gasteiger partial charge in [-0.05, 0) is 33.6 Å². The van der Waals surface area contributed by atoms with Gasteiger partial charge in [0.05, 0.1) is 12.2 Å². The van der Waals surface area contributed by atoms with Crippen molar-refractivity contribution in [3.8, 4) is 0 Å². The molecule has 1 amide bonds. The second-order valence-corrected chi connectivity index (χ2v) is 5.44. The van der Waals surface area contributed by atoms with Gasteiger partial charge in [0.1, 0.15) is 0 Å². The molecule has 1 unspecified atom stereocenters. The zero-order valence-corrected chi connectivity index (χ0v) is 11.1. The Balaban J connectivity index is 3.92. The Hall–Kier alpha value is -0.860. The van der Waals surface area contributed by atoms with Gasteiger partial charge in [-0.25, -0.2) is 9.52 Å². The van der Waals surface area contributed by atoms with E-state index >= 15 is 0 Å². The second-order valence-electron chi connectivity index (χ2n) is 3.95. The molecule has 0 aliphatic rings. The Morgan fingerprint density at radius 1 is 1.35 bits per heavy atom. The lowest BCUT2D eigenvalue weighted by Gasteiger charge is -2.11. The Bertz CT molecular complexity index is 326. The van der Waals surface area contributed by atoms with Crippen LogP contribution in [0.3, 0.4) is 0 Å². The summed E-state index contributed by atoms with van der Waals surface area (Å²) in [5.41, 5.74) is 0. The zero-order valence-electron chi connectivity index (χ0n) is 10.3. The monoisotopic (exact) mass is 268 g/mol. The third kappa shape index (κ3) is 10.0. The fourth-order valence-corrected chi connectivity index (χ4v) is 1.74. The van der Waals surface area contributed by atoms with Crippen LogP contribution in [-0.2, 0) is 14.9 Å². The van der Waals surface area contributed by atoms with E-state index in [1.54, 1.807) is 25.5 Å². The molecule has 0 rings (SSSR count). The molecule has 0 aromatic carbocycles. The first-order chi connectivity index (χ1) is 7.73. The SMILES string of the molecule is CC(O)CCCNS(=O)(=O)NC(=O)OC(C)C. The summed E-state index contributed by atoms with van der Waals surface area (Å²) >= 11 is 0. The Labute approximate surface area is 102 Å². The van der Waals surface area contributed by atoms with Gasteiger partial charge in [0.25, 0.3) is 0 Å². The third-order valence-electron chi connectivity index (χ3n) is 1.65. The lowest BCUT2D eigenvalue weighted by molar-refractivity contribution is 0.121. The van der Waals surface area contributed by atoms with E-state index in [0.717, 1.165) is 0 Å². The average Bonchev–Trinajstić information content (AvgIpc) is 2.09. The molecule has 1 atom stereocenters. The molecular weight excluding hydrogens is 248 g/mol. The van der Waals surface area contributed by atoms with Gasteiger partial charge in [-0.1, -0.05) is 0 Å². The molecule has 0 aliphatic carbocycles. The molecule has 0 heterocycles. The Morgan fingerprint density at radius 3 is 2.41 bits per heavy atom. The van der Waals surface area contributed by atoms with Crippen LogP contribution >= 0.6 is 0 Å². The summed E-state index contributed by atoms with van der Waals surface area (Å²) in [5, 5.41) is 8.96. The molecule has 0 saturated heterocycles. The van der Waals surface area contributed by atoms with Crippen molar-refractivity contribution < 1.29 is 23.1 Å². The summed E-state index contributed by atoms with van der Waals surface area (Å²) in [7, 11) is -3.88. The van der Waals surface area contributed by atoms with Crippen molar-refractivity contribution in [1.29, 1.82) is 0 Å². The van der Waals surface area contributed by atoms with Gasteiger partial charge >= 0.3 is 16.3 Å². The summed E-state index contributed by atoms with van der Waals surface area (Å²) in [6, 6.07) is 0. The number of hydrogen-bond acceptors (Lipinski definition) is 5. The molecule has 0 saturated carbocycles. The number of aliphatic hydroxyl groups excluding tert-OH is 1. The first-order valence-electron chi connectivity index (χ1n) is 5.39. The lowest BCUT2D eigenvalue weighted by Crippen LogP contribution is -2.41. The lowest BCUT2D eigenvalue weighted by atomic mass is 10.2. The van der Waals surface area contributed by atoms with Gasteiger partial charge in [0, 0.05) is 6.54 Å². The second kappa shape index (κ2) is 7.46. The largest absolute Gasteiger partial charge is 0.446 e. The smallest absolute Gasteiger partial charge is 0.422 e. The van der Waals surface area contributed by atoms with Crippen LogP contribution < -0.4 is 9.44 Å². The topological polar surface area (TPSA) is 105 Å². The van der Waals surface area contributed by atoms with Crippen LogP contribution in [-0.4, -0.2) is 38.4 Å². The third-order valence-corrected chi connectivity index (χ3v) is 2.67. The highest BCUT2D eigenvalue weighted by Crippen LogP contribution is 1.94. The van der Waals surface area contributed by atoms with Crippen LogP contribution in [0.5, 0.6) is 0 Å². The van der Waals surface area contributed by atoms with Gasteiger partial charge in [-0.3, -0.25) is 0 Å². The van der Waals surface area contributed by atoms with Crippen LogP contribution in [0.4, 0.5) is 4.79 Å². The highest BCUT2D eigenvalue weighted by atomic mass is 32.2. The molecule has 0 aromatic rings. The normalized spacial score (nSPS) is 13.5. The maximum Gasteiger partial charge on any atom is 0.422 e.